The van der Waals surface area contributed by atoms with Crippen LogP contribution in [0.4, 0.5) is 27.6 Å². The maximum absolute atomic E-state index is 14.5. The first kappa shape index (κ1) is 29.9. The molecule has 0 saturated heterocycles. The summed E-state index contributed by atoms with van der Waals surface area (Å²) < 4.78 is 78.6. The minimum atomic E-state index is -4.70. The summed E-state index contributed by atoms with van der Waals surface area (Å²) in [5.74, 6) is -2.00. The summed E-state index contributed by atoms with van der Waals surface area (Å²) in [5.41, 5.74) is -1.44. The second-order valence-corrected chi connectivity index (χ2v) is 10.8. The molecule has 2 N–H and O–H groups in total. The summed E-state index contributed by atoms with van der Waals surface area (Å²) in [6.07, 6.45) is -3.16. The lowest BCUT2D eigenvalue weighted by Gasteiger charge is -2.28. The van der Waals surface area contributed by atoms with Gasteiger partial charge in [-0.3, -0.25) is 9.59 Å². The molecule has 0 radical (unpaired) electrons. The van der Waals surface area contributed by atoms with Crippen molar-refractivity contribution in [2.45, 2.75) is 39.4 Å². The van der Waals surface area contributed by atoms with Gasteiger partial charge in [-0.15, -0.1) is 0 Å². The number of aromatic nitrogens is 1. The van der Waals surface area contributed by atoms with E-state index in [1.165, 1.54) is 36.3 Å². The predicted octanol–water partition coefficient (Wildman–Crippen LogP) is 7.52. The van der Waals surface area contributed by atoms with Crippen molar-refractivity contribution in [1.29, 1.82) is 0 Å². The van der Waals surface area contributed by atoms with Crippen LogP contribution in [0.2, 0.25) is 0 Å². The number of aryl methyl sites for hydroxylation is 1. The Labute approximate surface area is 236 Å². The van der Waals surface area contributed by atoms with E-state index in [4.69, 9.17) is 4.74 Å². The molecule has 0 aliphatic carbocycles. The number of carbonyl (C=O) groups is 1. The van der Waals surface area contributed by atoms with Crippen molar-refractivity contribution in [1.82, 2.24) is 9.88 Å². The second kappa shape index (κ2) is 11.4. The Morgan fingerprint density at radius 3 is 2.37 bits per heavy atom. The van der Waals surface area contributed by atoms with Gasteiger partial charge in [-0.05, 0) is 69.3 Å². The highest BCUT2D eigenvalue weighted by Gasteiger charge is 2.48. The number of amides is 1. The Morgan fingerprint density at radius 1 is 1.00 bits per heavy atom. The highest BCUT2D eigenvalue weighted by Crippen LogP contribution is 2.35. The normalized spacial score (nSPS) is 11.9. The third-order valence-corrected chi connectivity index (χ3v) is 6.91. The number of hydrogen-bond acceptors (Lipinski definition) is 5. The van der Waals surface area contributed by atoms with E-state index in [-0.39, 0.29) is 28.0 Å². The summed E-state index contributed by atoms with van der Waals surface area (Å²) in [5, 5.41) is 2.04. The van der Waals surface area contributed by atoms with Gasteiger partial charge in [0.25, 0.3) is 5.91 Å². The number of rotatable bonds is 8. The number of nitrogens with one attached hydrogen (secondary N) is 2. The highest BCUT2D eigenvalue weighted by molar-refractivity contribution is 8.00. The van der Waals surface area contributed by atoms with Gasteiger partial charge in [-0.1, -0.05) is 18.9 Å². The lowest BCUT2D eigenvalue weighted by atomic mass is 10.0. The van der Waals surface area contributed by atoms with E-state index in [2.05, 4.69) is 4.72 Å². The van der Waals surface area contributed by atoms with Crippen LogP contribution in [0.1, 0.15) is 36.7 Å². The zero-order chi connectivity index (χ0) is 30.1. The Hall–Kier alpha value is -4.06. The SMILES string of the molecule is CCSNc1ccc(Oc2ccc(F)cc2F)c(-n2cc(C)c(=O)c3cc(C(=O)NC(C)(C)C(F)(F)F)ccc32)c1. The standard InChI is InChI=1S/C29H26F5N3O3S/c1-5-41-36-19-8-11-25(40-24-10-7-18(30)13-21(24)31)23(14-19)37-15-16(2)26(38)20-12-17(6-9-22(20)37)27(39)35-28(3,4)29(32,33)34/h6-15,36H,5H2,1-4H3,(H,35,39). The third kappa shape index (κ3) is 6.32. The van der Waals surface area contributed by atoms with Crippen LogP contribution >= 0.6 is 11.9 Å². The molecule has 0 unspecified atom stereocenters. The Morgan fingerprint density at radius 2 is 1.71 bits per heavy atom. The number of anilines is 1. The number of carbonyl (C=O) groups excluding carboxylic acids is 1. The molecule has 6 nitrogen and oxygen atoms in total. The van der Waals surface area contributed by atoms with Gasteiger partial charge in [0, 0.05) is 40.2 Å². The van der Waals surface area contributed by atoms with Crippen LogP contribution in [-0.2, 0) is 0 Å². The quantitative estimate of drug-likeness (QED) is 0.164. The average Bonchev–Trinajstić information content (AvgIpc) is 2.90. The first-order valence-electron chi connectivity index (χ1n) is 12.4. The van der Waals surface area contributed by atoms with Crippen LogP contribution in [-0.4, -0.2) is 27.9 Å². The van der Waals surface area contributed by atoms with E-state index in [1.807, 2.05) is 12.2 Å². The summed E-state index contributed by atoms with van der Waals surface area (Å²) in [4.78, 5) is 25.9. The van der Waals surface area contributed by atoms with Crippen molar-refractivity contribution in [3.63, 3.8) is 0 Å². The molecule has 12 heteroatoms. The van der Waals surface area contributed by atoms with Crippen LogP contribution in [0.15, 0.2) is 65.6 Å². The summed E-state index contributed by atoms with van der Waals surface area (Å²) in [7, 11) is 0. The predicted molar refractivity (Wildman–Crippen MR) is 150 cm³/mol. The number of alkyl halides is 3. The van der Waals surface area contributed by atoms with Crippen LogP contribution < -0.4 is 20.2 Å². The highest BCUT2D eigenvalue weighted by atomic mass is 32.2. The van der Waals surface area contributed by atoms with Crippen LogP contribution in [0.3, 0.4) is 0 Å². The maximum Gasteiger partial charge on any atom is 0.410 e. The average molecular weight is 592 g/mol. The van der Waals surface area contributed by atoms with Gasteiger partial charge in [0.15, 0.2) is 22.7 Å². The van der Waals surface area contributed by atoms with E-state index in [9.17, 15) is 31.5 Å². The third-order valence-electron chi connectivity index (χ3n) is 6.25. The van der Waals surface area contributed by atoms with E-state index < -0.39 is 34.7 Å². The molecule has 4 aromatic rings. The van der Waals surface area contributed by atoms with Crippen molar-refractivity contribution >= 4 is 34.4 Å². The Kier molecular flexibility index (Phi) is 8.34. The maximum atomic E-state index is 14.5. The molecule has 1 aromatic heterocycles. The van der Waals surface area contributed by atoms with Crippen LogP contribution in [0.25, 0.3) is 16.6 Å². The number of nitrogens with zero attached hydrogens (tertiary/aromatic N) is 1. The van der Waals surface area contributed by atoms with Gasteiger partial charge in [-0.25, -0.2) is 8.78 Å². The largest absolute Gasteiger partial charge is 0.452 e. The van der Waals surface area contributed by atoms with Crippen LogP contribution in [0.5, 0.6) is 11.5 Å². The topological polar surface area (TPSA) is 72.4 Å². The monoisotopic (exact) mass is 591 g/mol. The van der Waals surface area contributed by atoms with Gasteiger partial charge in [-0.2, -0.15) is 13.2 Å². The molecule has 4 rings (SSSR count). The molecule has 0 aliphatic rings. The van der Waals surface area contributed by atoms with E-state index >= 15 is 0 Å². The first-order chi connectivity index (χ1) is 19.2. The molecule has 0 atom stereocenters. The van der Waals surface area contributed by atoms with Gasteiger partial charge in [0.05, 0.1) is 11.2 Å². The van der Waals surface area contributed by atoms with Crippen LogP contribution in [0, 0.1) is 18.6 Å². The fourth-order valence-corrected chi connectivity index (χ4v) is 4.35. The first-order valence-corrected chi connectivity index (χ1v) is 13.4. The molecule has 0 aliphatic heterocycles. The van der Waals surface area contributed by atoms with E-state index in [0.717, 1.165) is 31.7 Å². The second-order valence-electron chi connectivity index (χ2n) is 9.71. The molecule has 0 bridgehead atoms. The molecular formula is C29H26F5N3O3S. The van der Waals surface area contributed by atoms with Gasteiger partial charge in [0.1, 0.15) is 11.4 Å². The van der Waals surface area contributed by atoms with E-state index in [0.29, 0.717) is 23.0 Å². The number of pyridine rings is 1. The molecule has 0 saturated carbocycles. The molecule has 0 spiro atoms. The molecule has 41 heavy (non-hydrogen) atoms. The summed E-state index contributed by atoms with van der Waals surface area (Å²) >= 11 is 1.42. The fraction of sp³-hybridized carbons (Fsp3) is 0.241. The van der Waals surface area contributed by atoms with Gasteiger partial charge in [0.2, 0.25) is 0 Å². The van der Waals surface area contributed by atoms with Gasteiger partial charge >= 0.3 is 6.18 Å². The van der Waals surface area contributed by atoms with E-state index in [1.54, 1.807) is 29.7 Å². The lowest BCUT2D eigenvalue weighted by Crippen LogP contribution is -2.54. The molecular weight excluding hydrogens is 565 g/mol. The zero-order valence-electron chi connectivity index (χ0n) is 22.5. The Balaban J connectivity index is 1.87. The smallest absolute Gasteiger partial charge is 0.410 e. The number of benzene rings is 3. The molecule has 216 valence electrons. The van der Waals surface area contributed by atoms with Crippen molar-refractivity contribution in [2.24, 2.45) is 0 Å². The van der Waals surface area contributed by atoms with Gasteiger partial charge < -0.3 is 19.3 Å². The molecule has 1 amide bonds. The number of hydrogen-bond donors (Lipinski definition) is 2. The number of fused-ring (bicyclic) bond motifs is 1. The number of halogens is 5. The molecule has 3 aromatic carbocycles. The zero-order valence-corrected chi connectivity index (χ0v) is 23.3. The van der Waals surface area contributed by atoms with Crippen molar-refractivity contribution in [3.05, 3.63) is 93.8 Å². The van der Waals surface area contributed by atoms with Crippen molar-refractivity contribution < 1.29 is 31.5 Å². The fourth-order valence-electron chi connectivity index (χ4n) is 3.92. The minimum Gasteiger partial charge on any atom is -0.452 e. The minimum absolute atomic E-state index is 0.0719. The summed E-state index contributed by atoms with van der Waals surface area (Å²) in [6, 6.07) is 11.9. The van der Waals surface area contributed by atoms with Crippen molar-refractivity contribution in [2.75, 3.05) is 10.5 Å². The Bertz CT molecular complexity index is 1690. The molecule has 1 heterocycles. The summed E-state index contributed by atoms with van der Waals surface area (Å²) in [6.45, 7) is 5.18. The molecule has 0 fully saturated rings. The number of ether oxygens (including phenoxy) is 1. The van der Waals surface area contributed by atoms with Crippen molar-refractivity contribution in [3.8, 4) is 17.2 Å². The lowest BCUT2D eigenvalue weighted by molar-refractivity contribution is -0.182.